The molecule has 0 unspecified atom stereocenters. The van der Waals surface area contributed by atoms with Gasteiger partial charge in [0.15, 0.2) is 11.0 Å². The number of nitrogens with one attached hydrogen (secondary N) is 1. The van der Waals surface area contributed by atoms with Crippen LogP contribution in [0.15, 0.2) is 76.6 Å². The normalized spacial score (nSPS) is 10.7. The summed E-state index contributed by atoms with van der Waals surface area (Å²) in [7, 11) is 1.63. The smallest absolute Gasteiger partial charge is 0.234 e. The van der Waals surface area contributed by atoms with Crippen LogP contribution in [0, 0.1) is 6.92 Å². The molecule has 0 aliphatic heterocycles. The zero-order chi connectivity index (χ0) is 22.5. The van der Waals surface area contributed by atoms with E-state index in [9.17, 15) is 4.79 Å². The van der Waals surface area contributed by atoms with E-state index in [1.54, 1.807) is 19.5 Å². The number of nitrogens with zero attached hydrogens (tertiary/aromatic N) is 4. The van der Waals surface area contributed by atoms with E-state index in [-0.39, 0.29) is 11.7 Å². The monoisotopic (exact) mass is 509 g/mol. The number of ether oxygens (including phenoxy) is 1. The Kier molecular flexibility index (Phi) is 6.87. The summed E-state index contributed by atoms with van der Waals surface area (Å²) in [6.45, 7) is 2.00. The van der Waals surface area contributed by atoms with Gasteiger partial charge in [0.05, 0.1) is 18.6 Å². The molecule has 2 aromatic carbocycles. The fourth-order valence-electron chi connectivity index (χ4n) is 3.05. The van der Waals surface area contributed by atoms with Crippen molar-refractivity contribution in [2.75, 3.05) is 18.2 Å². The van der Waals surface area contributed by atoms with E-state index in [0.717, 1.165) is 32.7 Å². The summed E-state index contributed by atoms with van der Waals surface area (Å²) in [5.74, 6) is 1.45. The van der Waals surface area contributed by atoms with Gasteiger partial charge in [0, 0.05) is 28.1 Å². The predicted octanol–water partition coefficient (Wildman–Crippen LogP) is 5.14. The van der Waals surface area contributed by atoms with Gasteiger partial charge in [-0.15, -0.1) is 10.2 Å². The first-order chi connectivity index (χ1) is 15.5. The fourth-order valence-corrected chi connectivity index (χ4v) is 4.39. The van der Waals surface area contributed by atoms with Crippen LogP contribution in [-0.2, 0) is 4.79 Å². The summed E-state index contributed by atoms with van der Waals surface area (Å²) >= 11 is 4.80. The Morgan fingerprint density at radius 3 is 2.66 bits per heavy atom. The van der Waals surface area contributed by atoms with Gasteiger partial charge in [-0.3, -0.25) is 14.3 Å². The van der Waals surface area contributed by atoms with Crippen LogP contribution in [0.3, 0.4) is 0 Å². The molecule has 2 aromatic heterocycles. The van der Waals surface area contributed by atoms with Crippen LogP contribution in [0.25, 0.3) is 17.1 Å². The van der Waals surface area contributed by atoms with E-state index in [1.807, 2.05) is 66.1 Å². The Labute approximate surface area is 198 Å². The number of hydrogen-bond acceptors (Lipinski definition) is 6. The fraction of sp³-hybridized carbons (Fsp3) is 0.130. The van der Waals surface area contributed by atoms with Crippen molar-refractivity contribution >= 4 is 39.3 Å². The zero-order valence-electron chi connectivity index (χ0n) is 17.4. The van der Waals surface area contributed by atoms with E-state index in [4.69, 9.17) is 4.74 Å². The highest BCUT2D eigenvalue weighted by Gasteiger charge is 2.18. The first-order valence-electron chi connectivity index (χ1n) is 9.74. The quantitative estimate of drug-likeness (QED) is 0.347. The van der Waals surface area contributed by atoms with Crippen molar-refractivity contribution < 1.29 is 9.53 Å². The second-order valence-electron chi connectivity index (χ2n) is 6.90. The molecule has 0 atom stereocenters. The third-order valence-corrected chi connectivity index (χ3v) is 6.20. The molecule has 0 fully saturated rings. The Balaban J connectivity index is 1.59. The third kappa shape index (κ3) is 5.00. The topological polar surface area (TPSA) is 81.9 Å². The number of pyridine rings is 1. The maximum Gasteiger partial charge on any atom is 0.234 e. The van der Waals surface area contributed by atoms with Crippen molar-refractivity contribution in [1.29, 1.82) is 0 Å². The molecule has 32 heavy (non-hydrogen) atoms. The molecule has 1 amide bonds. The summed E-state index contributed by atoms with van der Waals surface area (Å²) in [5.41, 5.74) is 3.53. The largest absolute Gasteiger partial charge is 0.497 e. The van der Waals surface area contributed by atoms with Crippen molar-refractivity contribution in [3.05, 3.63) is 77.0 Å². The first-order valence-corrected chi connectivity index (χ1v) is 11.5. The van der Waals surface area contributed by atoms with Crippen LogP contribution in [-0.4, -0.2) is 38.5 Å². The molecule has 7 nitrogen and oxygen atoms in total. The van der Waals surface area contributed by atoms with E-state index >= 15 is 0 Å². The number of benzene rings is 2. The minimum absolute atomic E-state index is 0.133. The summed E-state index contributed by atoms with van der Waals surface area (Å²) in [6.07, 6.45) is 3.45. The number of thioether (sulfide) groups is 1. The van der Waals surface area contributed by atoms with Crippen molar-refractivity contribution in [3.8, 4) is 22.8 Å². The lowest BCUT2D eigenvalue weighted by Gasteiger charge is -2.11. The third-order valence-electron chi connectivity index (χ3n) is 4.61. The van der Waals surface area contributed by atoms with Gasteiger partial charge >= 0.3 is 0 Å². The van der Waals surface area contributed by atoms with Crippen LogP contribution in [0.4, 0.5) is 5.69 Å². The molecule has 0 saturated heterocycles. The highest BCUT2D eigenvalue weighted by molar-refractivity contribution is 9.10. The molecule has 2 heterocycles. The molecule has 9 heteroatoms. The molecular formula is C23H20BrN5O2S. The minimum atomic E-state index is -0.133. The van der Waals surface area contributed by atoms with Crippen LogP contribution >= 0.6 is 27.7 Å². The highest BCUT2D eigenvalue weighted by Crippen LogP contribution is 2.29. The molecule has 0 saturated carbocycles. The lowest BCUT2D eigenvalue weighted by atomic mass is 10.2. The summed E-state index contributed by atoms with van der Waals surface area (Å²) in [5, 5.41) is 12.3. The molecule has 162 valence electrons. The van der Waals surface area contributed by atoms with Gasteiger partial charge in [0.25, 0.3) is 0 Å². The molecule has 0 aliphatic carbocycles. The molecule has 4 rings (SSSR count). The van der Waals surface area contributed by atoms with Gasteiger partial charge < -0.3 is 10.1 Å². The Morgan fingerprint density at radius 2 is 1.97 bits per heavy atom. The van der Waals surface area contributed by atoms with Crippen LogP contribution < -0.4 is 10.1 Å². The van der Waals surface area contributed by atoms with E-state index in [0.29, 0.717) is 11.0 Å². The number of carbonyl (C=O) groups is 1. The maximum absolute atomic E-state index is 12.6. The number of aromatic nitrogens is 4. The van der Waals surface area contributed by atoms with Crippen molar-refractivity contribution in [1.82, 2.24) is 19.7 Å². The number of carbonyl (C=O) groups excluding carboxylic acids is 1. The minimum Gasteiger partial charge on any atom is -0.497 e. The molecule has 4 aromatic rings. The number of amides is 1. The van der Waals surface area contributed by atoms with E-state index in [2.05, 4.69) is 36.4 Å². The van der Waals surface area contributed by atoms with Gasteiger partial charge in [-0.25, -0.2) is 0 Å². The first kappa shape index (κ1) is 22.0. The van der Waals surface area contributed by atoms with Crippen molar-refractivity contribution in [2.45, 2.75) is 12.1 Å². The van der Waals surface area contributed by atoms with Crippen molar-refractivity contribution in [3.63, 3.8) is 0 Å². The Bertz CT molecular complexity index is 1230. The number of anilines is 1. The van der Waals surface area contributed by atoms with Gasteiger partial charge in [-0.1, -0.05) is 17.8 Å². The van der Waals surface area contributed by atoms with Gasteiger partial charge in [0.2, 0.25) is 5.91 Å². The molecular weight excluding hydrogens is 490 g/mol. The number of methoxy groups -OCH3 is 1. The molecule has 0 aliphatic rings. The van der Waals surface area contributed by atoms with Gasteiger partial charge in [-0.2, -0.15) is 0 Å². The Morgan fingerprint density at radius 1 is 1.16 bits per heavy atom. The van der Waals surface area contributed by atoms with Crippen LogP contribution in [0.5, 0.6) is 5.75 Å². The summed E-state index contributed by atoms with van der Waals surface area (Å²) < 4.78 is 8.03. The van der Waals surface area contributed by atoms with Gasteiger partial charge in [0.1, 0.15) is 5.75 Å². The number of hydrogen-bond donors (Lipinski definition) is 1. The maximum atomic E-state index is 12.6. The number of halogens is 1. The molecule has 0 bridgehead atoms. The standard InChI is InChI=1S/C23H20BrN5O2S/c1-15-5-10-20(19(24)12-15)26-21(30)14-32-23-28-27-22(16-4-3-11-25-13-16)29(23)17-6-8-18(31-2)9-7-17/h3-13H,14H2,1-2H3,(H,26,30). The molecule has 1 N–H and O–H groups in total. The van der Waals surface area contributed by atoms with Gasteiger partial charge in [-0.05, 0) is 76.9 Å². The average Bonchev–Trinajstić information content (AvgIpc) is 3.24. The van der Waals surface area contributed by atoms with Crippen molar-refractivity contribution in [2.24, 2.45) is 0 Å². The lowest BCUT2D eigenvalue weighted by molar-refractivity contribution is -0.113. The highest BCUT2D eigenvalue weighted by atomic mass is 79.9. The lowest BCUT2D eigenvalue weighted by Crippen LogP contribution is -2.15. The number of rotatable bonds is 7. The summed E-state index contributed by atoms with van der Waals surface area (Å²) in [4.78, 5) is 16.8. The molecule has 0 radical (unpaired) electrons. The number of aryl methyl sites for hydroxylation is 1. The molecule has 0 spiro atoms. The SMILES string of the molecule is COc1ccc(-n2c(SCC(=O)Nc3ccc(C)cc3Br)nnc2-c2cccnc2)cc1. The predicted molar refractivity (Wildman–Crippen MR) is 129 cm³/mol. The average molecular weight is 510 g/mol. The van der Waals surface area contributed by atoms with E-state index < -0.39 is 0 Å². The Hall–Kier alpha value is -3.17. The summed E-state index contributed by atoms with van der Waals surface area (Å²) in [6, 6.07) is 17.2. The van der Waals surface area contributed by atoms with Crippen LogP contribution in [0.1, 0.15) is 5.56 Å². The second-order valence-corrected chi connectivity index (χ2v) is 8.70. The van der Waals surface area contributed by atoms with E-state index in [1.165, 1.54) is 11.8 Å². The zero-order valence-corrected chi connectivity index (χ0v) is 19.9. The second kappa shape index (κ2) is 9.97. The van der Waals surface area contributed by atoms with Crippen LogP contribution in [0.2, 0.25) is 0 Å².